The fraction of sp³-hybridized carbons (Fsp3) is 0.733. The highest BCUT2D eigenvalue weighted by Gasteiger charge is 2.18. The van der Waals surface area contributed by atoms with Crippen LogP contribution in [0.4, 0.5) is 5.95 Å². The highest BCUT2D eigenvalue weighted by Crippen LogP contribution is 2.13. The summed E-state index contributed by atoms with van der Waals surface area (Å²) >= 11 is 0. The van der Waals surface area contributed by atoms with Crippen LogP contribution in [0.5, 0.6) is 0 Å². The Bertz CT molecular complexity index is 392. The highest BCUT2D eigenvalue weighted by molar-refractivity contribution is 5.32. The minimum absolute atomic E-state index is 0.817. The van der Waals surface area contributed by atoms with E-state index in [1.165, 1.54) is 19.4 Å². The topological polar surface area (TPSA) is 58.3 Å². The molecule has 5 heteroatoms. The lowest BCUT2D eigenvalue weighted by molar-refractivity contribution is 0.251. The molecule has 1 aromatic heterocycles. The molecule has 2 N–H and O–H groups in total. The van der Waals surface area contributed by atoms with Crippen LogP contribution in [0.2, 0.25) is 0 Å². The summed E-state index contributed by atoms with van der Waals surface area (Å²) < 4.78 is 0. The minimum atomic E-state index is 0.817. The third-order valence-electron chi connectivity index (χ3n) is 3.80. The Hall–Kier alpha value is -1.20. The standard InChI is InChI=1S/C15H27N5/c1-13-12-14(2)18-15(17-13)20-10-8-19(9-11-20)7-5-3-4-6-16/h12H,3-11,16H2,1-2H3. The summed E-state index contributed by atoms with van der Waals surface area (Å²) in [6.45, 7) is 10.4. The summed E-state index contributed by atoms with van der Waals surface area (Å²) in [5.74, 6) is 0.894. The normalized spacial score (nSPS) is 16.6. The molecule has 112 valence electrons. The van der Waals surface area contributed by atoms with Gasteiger partial charge >= 0.3 is 0 Å². The minimum Gasteiger partial charge on any atom is -0.338 e. The van der Waals surface area contributed by atoms with Crippen molar-refractivity contribution in [2.24, 2.45) is 5.73 Å². The molecular weight excluding hydrogens is 250 g/mol. The third kappa shape index (κ3) is 4.42. The first kappa shape index (κ1) is 15.2. The Balaban J connectivity index is 1.79. The Morgan fingerprint density at radius 2 is 1.65 bits per heavy atom. The number of unbranched alkanes of at least 4 members (excludes halogenated alkanes) is 2. The van der Waals surface area contributed by atoms with Crippen LogP contribution in [0.1, 0.15) is 30.7 Å². The maximum absolute atomic E-state index is 5.52. The number of hydrogen-bond donors (Lipinski definition) is 1. The van der Waals surface area contributed by atoms with Crippen LogP contribution in [0, 0.1) is 13.8 Å². The quantitative estimate of drug-likeness (QED) is 0.795. The summed E-state index contributed by atoms with van der Waals surface area (Å²) in [6, 6.07) is 2.02. The molecule has 20 heavy (non-hydrogen) atoms. The Kier molecular flexibility index (Phi) is 5.73. The number of nitrogens with two attached hydrogens (primary N) is 1. The lowest BCUT2D eigenvalue weighted by Gasteiger charge is -2.34. The average Bonchev–Trinajstić information content (AvgIpc) is 2.43. The Morgan fingerprint density at radius 1 is 1.00 bits per heavy atom. The van der Waals surface area contributed by atoms with E-state index >= 15 is 0 Å². The summed E-state index contributed by atoms with van der Waals surface area (Å²) in [7, 11) is 0. The number of rotatable bonds is 6. The van der Waals surface area contributed by atoms with Gasteiger partial charge in [-0.3, -0.25) is 4.90 Å². The number of nitrogens with zero attached hydrogens (tertiary/aromatic N) is 4. The van der Waals surface area contributed by atoms with E-state index < -0.39 is 0 Å². The van der Waals surface area contributed by atoms with Crippen LogP contribution < -0.4 is 10.6 Å². The lowest BCUT2D eigenvalue weighted by Crippen LogP contribution is -2.47. The molecule has 1 aliphatic heterocycles. The van der Waals surface area contributed by atoms with E-state index in [4.69, 9.17) is 5.73 Å². The number of aromatic nitrogens is 2. The summed E-state index contributed by atoms with van der Waals surface area (Å²) in [6.07, 6.45) is 3.66. The van der Waals surface area contributed by atoms with Gasteiger partial charge in [0.15, 0.2) is 0 Å². The second-order valence-electron chi connectivity index (χ2n) is 5.63. The molecule has 0 saturated carbocycles. The van der Waals surface area contributed by atoms with Gasteiger partial charge in [0.2, 0.25) is 5.95 Å². The summed E-state index contributed by atoms with van der Waals surface area (Å²) in [4.78, 5) is 13.9. The van der Waals surface area contributed by atoms with Crippen LogP contribution in [-0.2, 0) is 0 Å². The van der Waals surface area contributed by atoms with E-state index in [1.807, 2.05) is 19.9 Å². The van der Waals surface area contributed by atoms with Crippen LogP contribution in [0.3, 0.4) is 0 Å². The number of anilines is 1. The molecule has 0 amide bonds. The molecule has 0 radical (unpaired) electrons. The van der Waals surface area contributed by atoms with E-state index in [-0.39, 0.29) is 0 Å². The van der Waals surface area contributed by atoms with E-state index in [0.29, 0.717) is 0 Å². The zero-order valence-corrected chi connectivity index (χ0v) is 12.8. The van der Waals surface area contributed by atoms with E-state index in [2.05, 4.69) is 19.8 Å². The molecule has 0 aliphatic carbocycles. The van der Waals surface area contributed by atoms with Gasteiger partial charge in [-0.25, -0.2) is 9.97 Å². The van der Waals surface area contributed by atoms with Gasteiger partial charge in [0.05, 0.1) is 0 Å². The van der Waals surface area contributed by atoms with Crippen molar-refractivity contribution in [1.29, 1.82) is 0 Å². The number of aryl methyl sites for hydroxylation is 2. The Labute approximate surface area is 122 Å². The predicted octanol–water partition coefficient (Wildman–Crippen LogP) is 1.34. The highest BCUT2D eigenvalue weighted by atomic mass is 15.3. The maximum Gasteiger partial charge on any atom is 0.225 e. The third-order valence-corrected chi connectivity index (χ3v) is 3.80. The SMILES string of the molecule is Cc1cc(C)nc(N2CCN(CCCCCN)CC2)n1. The maximum atomic E-state index is 5.52. The second-order valence-corrected chi connectivity index (χ2v) is 5.63. The first-order valence-electron chi connectivity index (χ1n) is 7.68. The van der Waals surface area contributed by atoms with Crippen molar-refractivity contribution in [2.45, 2.75) is 33.1 Å². The average molecular weight is 277 g/mol. The molecule has 1 aromatic rings. The smallest absolute Gasteiger partial charge is 0.225 e. The monoisotopic (exact) mass is 277 g/mol. The van der Waals surface area contributed by atoms with E-state index in [1.54, 1.807) is 0 Å². The van der Waals surface area contributed by atoms with Crippen LogP contribution in [-0.4, -0.2) is 54.1 Å². The zero-order chi connectivity index (χ0) is 14.4. The van der Waals surface area contributed by atoms with Gasteiger partial charge in [-0.15, -0.1) is 0 Å². The molecule has 2 rings (SSSR count). The van der Waals surface area contributed by atoms with Crippen LogP contribution in [0.15, 0.2) is 6.07 Å². The fourth-order valence-electron chi connectivity index (χ4n) is 2.68. The van der Waals surface area contributed by atoms with Crippen molar-refractivity contribution in [1.82, 2.24) is 14.9 Å². The van der Waals surface area contributed by atoms with Gasteiger partial charge in [-0.2, -0.15) is 0 Å². The zero-order valence-electron chi connectivity index (χ0n) is 12.8. The number of hydrogen-bond acceptors (Lipinski definition) is 5. The second kappa shape index (κ2) is 7.55. The lowest BCUT2D eigenvalue weighted by atomic mass is 10.2. The molecule has 0 bridgehead atoms. The molecule has 2 heterocycles. The molecular formula is C15H27N5. The fourth-order valence-corrected chi connectivity index (χ4v) is 2.68. The van der Waals surface area contributed by atoms with Gasteiger partial charge in [0.1, 0.15) is 0 Å². The van der Waals surface area contributed by atoms with Gasteiger partial charge in [0.25, 0.3) is 0 Å². The molecule has 1 aliphatic rings. The van der Waals surface area contributed by atoms with Crippen molar-refractivity contribution in [3.05, 3.63) is 17.5 Å². The van der Waals surface area contributed by atoms with Crippen molar-refractivity contribution >= 4 is 5.95 Å². The first-order valence-corrected chi connectivity index (χ1v) is 7.68. The van der Waals surface area contributed by atoms with Gasteiger partial charge in [-0.05, 0) is 45.8 Å². The molecule has 0 atom stereocenters. The Morgan fingerprint density at radius 3 is 2.25 bits per heavy atom. The molecule has 0 aromatic carbocycles. The summed E-state index contributed by atoms with van der Waals surface area (Å²) in [5, 5.41) is 0. The largest absolute Gasteiger partial charge is 0.338 e. The predicted molar refractivity (Wildman–Crippen MR) is 83.1 cm³/mol. The van der Waals surface area contributed by atoms with Crippen molar-refractivity contribution in [3.8, 4) is 0 Å². The van der Waals surface area contributed by atoms with Gasteiger partial charge < -0.3 is 10.6 Å². The van der Waals surface area contributed by atoms with Crippen molar-refractivity contribution < 1.29 is 0 Å². The first-order chi connectivity index (χ1) is 9.69. The van der Waals surface area contributed by atoms with Crippen LogP contribution in [0.25, 0.3) is 0 Å². The van der Waals surface area contributed by atoms with Gasteiger partial charge in [-0.1, -0.05) is 6.42 Å². The molecule has 0 spiro atoms. The van der Waals surface area contributed by atoms with Crippen LogP contribution >= 0.6 is 0 Å². The molecule has 1 saturated heterocycles. The summed E-state index contributed by atoms with van der Waals surface area (Å²) in [5.41, 5.74) is 7.63. The molecule has 5 nitrogen and oxygen atoms in total. The molecule has 1 fully saturated rings. The van der Waals surface area contributed by atoms with E-state index in [0.717, 1.165) is 56.5 Å². The number of piperazine rings is 1. The van der Waals surface area contributed by atoms with Crippen molar-refractivity contribution in [3.63, 3.8) is 0 Å². The molecule has 0 unspecified atom stereocenters. The van der Waals surface area contributed by atoms with Gasteiger partial charge in [0, 0.05) is 37.6 Å². The van der Waals surface area contributed by atoms with Crippen molar-refractivity contribution in [2.75, 3.05) is 44.2 Å². The van der Waals surface area contributed by atoms with E-state index in [9.17, 15) is 0 Å².